The van der Waals surface area contributed by atoms with Gasteiger partial charge in [-0.25, -0.2) is 4.98 Å². The molecule has 0 spiro atoms. The van der Waals surface area contributed by atoms with Gasteiger partial charge in [0, 0.05) is 19.5 Å². The van der Waals surface area contributed by atoms with Crippen molar-refractivity contribution in [2.45, 2.75) is 13.3 Å². The lowest BCUT2D eigenvalue weighted by atomic mass is 10.4. The highest BCUT2D eigenvalue weighted by Gasteiger charge is 2.10. The molecule has 1 heterocycles. The van der Waals surface area contributed by atoms with Gasteiger partial charge in [-0.3, -0.25) is 9.89 Å². The second kappa shape index (κ2) is 5.33. The van der Waals surface area contributed by atoms with Crippen LogP contribution in [0.3, 0.4) is 0 Å². The molecule has 0 unspecified atom stereocenters. The van der Waals surface area contributed by atoms with Crippen LogP contribution in [0.4, 0.5) is 0 Å². The number of nitrogens with zero attached hydrogens (tertiary/aromatic N) is 2. The van der Waals surface area contributed by atoms with E-state index in [-0.39, 0.29) is 11.7 Å². The molecule has 0 saturated carbocycles. The molecule has 0 saturated heterocycles. The van der Waals surface area contributed by atoms with Gasteiger partial charge >= 0.3 is 0 Å². The number of H-pyrrole nitrogens is 1. The molecule has 1 aromatic rings. The van der Waals surface area contributed by atoms with Crippen molar-refractivity contribution >= 4 is 5.91 Å². The van der Waals surface area contributed by atoms with E-state index in [9.17, 15) is 4.79 Å². The standard InChI is InChI=1S/C8H15N5O/c1-3-6-11-7(13-12-6)8(14)10-5-4-9-2/h9H,3-5H2,1-2H3,(H,10,14)(H,11,12,13). The van der Waals surface area contributed by atoms with E-state index in [4.69, 9.17) is 0 Å². The molecule has 0 aliphatic heterocycles. The second-order valence-electron chi connectivity index (χ2n) is 2.82. The van der Waals surface area contributed by atoms with Gasteiger partial charge in [0.05, 0.1) is 0 Å². The molecule has 1 amide bonds. The van der Waals surface area contributed by atoms with Crippen molar-refractivity contribution in [1.29, 1.82) is 0 Å². The predicted molar refractivity (Wildman–Crippen MR) is 52.0 cm³/mol. The van der Waals surface area contributed by atoms with Crippen molar-refractivity contribution in [3.05, 3.63) is 11.6 Å². The van der Waals surface area contributed by atoms with Gasteiger partial charge < -0.3 is 10.6 Å². The molecule has 0 radical (unpaired) electrons. The maximum Gasteiger partial charge on any atom is 0.291 e. The Labute approximate surface area is 82.5 Å². The van der Waals surface area contributed by atoms with Gasteiger partial charge in [0.1, 0.15) is 5.82 Å². The summed E-state index contributed by atoms with van der Waals surface area (Å²) < 4.78 is 0. The van der Waals surface area contributed by atoms with Crippen LogP contribution in [0.15, 0.2) is 0 Å². The minimum Gasteiger partial charge on any atom is -0.348 e. The second-order valence-corrected chi connectivity index (χ2v) is 2.82. The number of likely N-dealkylation sites (N-methyl/N-ethyl adjacent to an activating group) is 1. The summed E-state index contributed by atoms with van der Waals surface area (Å²) in [6.45, 7) is 3.26. The highest BCUT2D eigenvalue weighted by atomic mass is 16.2. The topological polar surface area (TPSA) is 82.7 Å². The maximum atomic E-state index is 11.4. The fraction of sp³-hybridized carbons (Fsp3) is 0.625. The third-order valence-electron chi connectivity index (χ3n) is 1.73. The van der Waals surface area contributed by atoms with Crippen molar-refractivity contribution in [2.75, 3.05) is 20.1 Å². The van der Waals surface area contributed by atoms with E-state index in [1.165, 1.54) is 0 Å². The largest absolute Gasteiger partial charge is 0.348 e. The molecule has 0 fully saturated rings. The average molecular weight is 197 g/mol. The smallest absolute Gasteiger partial charge is 0.291 e. The molecule has 0 aliphatic carbocycles. The summed E-state index contributed by atoms with van der Waals surface area (Å²) in [5.41, 5.74) is 0. The van der Waals surface area contributed by atoms with Crippen LogP contribution in [-0.2, 0) is 6.42 Å². The van der Waals surface area contributed by atoms with Crippen LogP contribution in [0.25, 0.3) is 0 Å². The van der Waals surface area contributed by atoms with E-state index in [1.807, 2.05) is 14.0 Å². The summed E-state index contributed by atoms with van der Waals surface area (Å²) >= 11 is 0. The van der Waals surface area contributed by atoms with Crippen molar-refractivity contribution in [2.24, 2.45) is 0 Å². The van der Waals surface area contributed by atoms with E-state index in [1.54, 1.807) is 0 Å². The van der Waals surface area contributed by atoms with Gasteiger partial charge in [-0.1, -0.05) is 6.92 Å². The molecule has 1 rings (SSSR count). The molecule has 3 N–H and O–H groups in total. The predicted octanol–water partition coefficient (Wildman–Crippen LogP) is -0.684. The highest BCUT2D eigenvalue weighted by Crippen LogP contribution is 1.92. The van der Waals surface area contributed by atoms with E-state index in [0.717, 1.165) is 18.8 Å². The van der Waals surface area contributed by atoms with Gasteiger partial charge in [-0.2, -0.15) is 0 Å². The number of aromatic nitrogens is 3. The van der Waals surface area contributed by atoms with E-state index < -0.39 is 0 Å². The molecule has 0 bridgehead atoms. The Bertz CT molecular complexity index is 296. The minimum absolute atomic E-state index is 0.206. The number of hydrogen-bond acceptors (Lipinski definition) is 4. The van der Waals surface area contributed by atoms with Crippen molar-refractivity contribution in [3.63, 3.8) is 0 Å². The number of amides is 1. The molecular weight excluding hydrogens is 182 g/mol. The number of carbonyl (C=O) groups excluding carboxylic acids is 1. The third kappa shape index (κ3) is 2.81. The summed E-state index contributed by atoms with van der Waals surface area (Å²) in [6.07, 6.45) is 0.747. The van der Waals surface area contributed by atoms with Gasteiger partial charge in [0.2, 0.25) is 5.82 Å². The lowest BCUT2D eigenvalue weighted by molar-refractivity contribution is 0.0944. The summed E-state index contributed by atoms with van der Waals surface area (Å²) in [4.78, 5) is 15.4. The van der Waals surface area contributed by atoms with E-state index in [2.05, 4.69) is 25.8 Å². The average Bonchev–Trinajstić information content (AvgIpc) is 2.66. The normalized spacial score (nSPS) is 10.1. The Morgan fingerprint density at radius 1 is 1.50 bits per heavy atom. The van der Waals surface area contributed by atoms with Crippen molar-refractivity contribution in [1.82, 2.24) is 25.8 Å². The van der Waals surface area contributed by atoms with Crippen LogP contribution in [-0.4, -0.2) is 41.2 Å². The Morgan fingerprint density at radius 2 is 2.29 bits per heavy atom. The van der Waals surface area contributed by atoms with Crippen LogP contribution in [0.5, 0.6) is 0 Å². The molecule has 14 heavy (non-hydrogen) atoms. The van der Waals surface area contributed by atoms with Crippen LogP contribution in [0.2, 0.25) is 0 Å². The fourth-order valence-corrected chi connectivity index (χ4v) is 0.935. The van der Waals surface area contributed by atoms with E-state index >= 15 is 0 Å². The Balaban J connectivity index is 2.44. The monoisotopic (exact) mass is 197 g/mol. The summed E-state index contributed by atoms with van der Waals surface area (Å²) in [5.74, 6) is 0.693. The molecular formula is C8H15N5O. The lowest BCUT2D eigenvalue weighted by Gasteiger charge is -2.00. The quantitative estimate of drug-likeness (QED) is 0.546. The first kappa shape index (κ1) is 10.6. The van der Waals surface area contributed by atoms with Gasteiger partial charge in [-0.05, 0) is 7.05 Å². The molecule has 0 aliphatic rings. The molecule has 6 heteroatoms. The van der Waals surface area contributed by atoms with E-state index in [0.29, 0.717) is 6.54 Å². The fourth-order valence-electron chi connectivity index (χ4n) is 0.935. The number of aromatic amines is 1. The summed E-state index contributed by atoms with van der Waals surface area (Å²) in [7, 11) is 1.83. The maximum absolute atomic E-state index is 11.4. The number of carbonyl (C=O) groups is 1. The van der Waals surface area contributed by atoms with Crippen molar-refractivity contribution < 1.29 is 4.79 Å². The van der Waals surface area contributed by atoms with Crippen LogP contribution >= 0.6 is 0 Å². The lowest BCUT2D eigenvalue weighted by Crippen LogP contribution is -2.31. The van der Waals surface area contributed by atoms with Crippen LogP contribution in [0, 0.1) is 0 Å². The molecule has 0 atom stereocenters. The zero-order valence-corrected chi connectivity index (χ0v) is 8.42. The van der Waals surface area contributed by atoms with Crippen LogP contribution < -0.4 is 10.6 Å². The molecule has 6 nitrogen and oxygen atoms in total. The third-order valence-corrected chi connectivity index (χ3v) is 1.73. The molecule has 1 aromatic heterocycles. The highest BCUT2D eigenvalue weighted by molar-refractivity contribution is 5.90. The summed E-state index contributed by atoms with van der Waals surface area (Å²) in [5, 5.41) is 12.1. The Kier molecular flexibility index (Phi) is 4.06. The van der Waals surface area contributed by atoms with Crippen molar-refractivity contribution in [3.8, 4) is 0 Å². The number of aryl methyl sites for hydroxylation is 1. The number of nitrogens with one attached hydrogen (secondary N) is 3. The van der Waals surface area contributed by atoms with Crippen LogP contribution in [0.1, 0.15) is 23.4 Å². The van der Waals surface area contributed by atoms with Gasteiger partial charge in [-0.15, -0.1) is 5.10 Å². The number of rotatable bonds is 5. The van der Waals surface area contributed by atoms with Gasteiger partial charge in [0.25, 0.3) is 5.91 Å². The SMILES string of the molecule is CCc1nc(C(=O)NCCNC)n[nH]1. The zero-order chi connectivity index (χ0) is 10.4. The minimum atomic E-state index is -0.240. The van der Waals surface area contributed by atoms with Gasteiger partial charge in [0.15, 0.2) is 0 Å². The molecule has 78 valence electrons. The summed E-state index contributed by atoms with van der Waals surface area (Å²) in [6, 6.07) is 0. The Morgan fingerprint density at radius 3 is 2.86 bits per heavy atom. The first-order valence-corrected chi connectivity index (χ1v) is 4.62. The Hall–Kier alpha value is -1.43. The molecule has 0 aromatic carbocycles. The first-order valence-electron chi connectivity index (χ1n) is 4.62. The number of hydrogen-bond donors (Lipinski definition) is 3. The zero-order valence-electron chi connectivity index (χ0n) is 8.42. The first-order chi connectivity index (χ1) is 6.77.